The highest BCUT2D eigenvalue weighted by molar-refractivity contribution is 5.91. The summed E-state index contributed by atoms with van der Waals surface area (Å²) in [5, 5.41) is 3.13. The van der Waals surface area contributed by atoms with Crippen LogP contribution in [0, 0.1) is 0 Å². The summed E-state index contributed by atoms with van der Waals surface area (Å²) in [7, 11) is 0. The van der Waals surface area contributed by atoms with Crippen LogP contribution in [-0.2, 0) is 9.53 Å². The Labute approximate surface area is 116 Å². The second kappa shape index (κ2) is 7.56. The van der Waals surface area contributed by atoms with Crippen molar-refractivity contribution in [1.82, 2.24) is 5.32 Å². The SMILES string of the molecule is C/C=C(/OC1CCCCC1)C(=O)NC1CCCCC1. The van der Waals surface area contributed by atoms with Crippen molar-refractivity contribution in [3.05, 3.63) is 11.8 Å². The summed E-state index contributed by atoms with van der Waals surface area (Å²) < 4.78 is 5.89. The van der Waals surface area contributed by atoms with Gasteiger partial charge in [0.15, 0.2) is 5.76 Å². The third kappa shape index (κ3) is 4.55. The monoisotopic (exact) mass is 265 g/mol. The number of carbonyl (C=O) groups is 1. The van der Waals surface area contributed by atoms with Crippen molar-refractivity contribution in [3.63, 3.8) is 0 Å². The minimum atomic E-state index is -0.0139. The van der Waals surface area contributed by atoms with E-state index in [0.29, 0.717) is 11.8 Å². The van der Waals surface area contributed by atoms with E-state index in [1.807, 2.05) is 13.0 Å². The number of allylic oxidation sites excluding steroid dienone is 1. The minimum Gasteiger partial charge on any atom is -0.485 e. The number of hydrogen-bond donors (Lipinski definition) is 1. The molecule has 2 rings (SSSR count). The first-order valence-corrected chi connectivity index (χ1v) is 7.93. The molecule has 0 bridgehead atoms. The molecule has 1 N–H and O–H groups in total. The van der Waals surface area contributed by atoms with Crippen molar-refractivity contribution in [2.24, 2.45) is 0 Å². The molecule has 2 saturated carbocycles. The third-order valence-corrected chi connectivity index (χ3v) is 4.27. The zero-order chi connectivity index (χ0) is 13.5. The molecular weight excluding hydrogens is 238 g/mol. The molecule has 0 radical (unpaired) electrons. The summed E-state index contributed by atoms with van der Waals surface area (Å²) in [5.74, 6) is 0.512. The summed E-state index contributed by atoms with van der Waals surface area (Å²) in [6.07, 6.45) is 14.0. The van der Waals surface area contributed by atoms with Crippen molar-refractivity contribution in [1.29, 1.82) is 0 Å². The van der Waals surface area contributed by atoms with E-state index in [2.05, 4.69) is 5.32 Å². The van der Waals surface area contributed by atoms with Gasteiger partial charge in [-0.15, -0.1) is 0 Å². The molecule has 19 heavy (non-hydrogen) atoms. The summed E-state index contributed by atoms with van der Waals surface area (Å²) in [6.45, 7) is 1.89. The van der Waals surface area contributed by atoms with Crippen molar-refractivity contribution < 1.29 is 9.53 Å². The molecule has 1 amide bonds. The molecule has 3 nitrogen and oxygen atoms in total. The standard InChI is InChI=1S/C16H27NO2/c1-2-15(19-14-11-7-4-8-12-14)16(18)17-13-9-5-3-6-10-13/h2,13-14H,3-12H2,1H3,(H,17,18)/b15-2+. The first-order valence-electron chi connectivity index (χ1n) is 7.93. The topological polar surface area (TPSA) is 38.3 Å². The van der Waals surface area contributed by atoms with Crippen LogP contribution in [0.25, 0.3) is 0 Å². The first-order chi connectivity index (χ1) is 9.29. The molecule has 0 aromatic carbocycles. The Kier molecular flexibility index (Phi) is 5.74. The normalized spacial score (nSPS) is 23.1. The summed E-state index contributed by atoms with van der Waals surface area (Å²) in [4.78, 5) is 12.2. The van der Waals surface area contributed by atoms with Gasteiger partial charge in [-0.3, -0.25) is 4.79 Å². The summed E-state index contributed by atoms with van der Waals surface area (Å²) >= 11 is 0. The van der Waals surface area contributed by atoms with E-state index >= 15 is 0 Å². The van der Waals surface area contributed by atoms with Gasteiger partial charge in [0.2, 0.25) is 0 Å². The van der Waals surface area contributed by atoms with Crippen LogP contribution in [0.1, 0.15) is 71.1 Å². The number of amides is 1. The van der Waals surface area contributed by atoms with Gasteiger partial charge in [0, 0.05) is 6.04 Å². The fourth-order valence-corrected chi connectivity index (χ4v) is 3.12. The Bertz CT molecular complexity index is 313. The maximum atomic E-state index is 12.2. The van der Waals surface area contributed by atoms with Gasteiger partial charge >= 0.3 is 0 Å². The van der Waals surface area contributed by atoms with Crippen molar-refractivity contribution in [3.8, 4) is 0 Å². The lowest BCUT2D eigenvalue weighted by Crippen LogP contribution is -2.38. The highest BCUT2D eigenvalue weighted by Gasteiger charge is 2.22. The van der Waals surface area contributed by atoms with Gasteiger partial charge < -0.3 is 10.1 Å². The number of nitrogens with one attached hydrogen (secondary N) is 1. The van der Waals surface area contributed by atoms with Crippen LogP contribution in [0.2, 0.25) is 0 Å². The molecule has 0 saturated heterocycles. The Balaban J connectivity index is 1.80. The molecule has 0 aromatic heterocycles. The van der Waals surface area contributed by atoms with Crippen molar-refractivity contribution in [2.45, 2.75) is 83.3 Å². The van der Waals surface area contributed by atoms with Crippen LogP contribution in [0.15, 0.2) is 11.8 Å². The van der Waals surface area contributed by atoms with Crippen molar-refractivity contribution >= 4 is 5.91 Å². The molecule has 0 unspecified atom stereocenters. The van der Waals surface area contributed by atoms with Gasteiger partial charge in [-0.2, -0.15) is 0 Å². The van der Waals surface area contributed by atoms with E-state index in [0.717, 1.165) is 25.7 Å². The van der Waals surface area contributed by atoms with E-state index in [-0.39, 0.29) is 12.0 Å². The highest BCUT2D eigenvalue weighted by atomic mass is 16.5. The molecule has 2 aliphatic carbocycles. The van der Waals surface area contributed by atoms with Crippen LogP contribution in [-0.4, -0.2) is 18.1 Å². The van der Waals surface area contributed by atoms with Crippen molar-refractivity contribution in [2.75, 3.05) is 0 Å². The van der Waals surface area contributed by atoms with Crippen LogP contribution >= 0.6 is 0 Å². The Morgan fingerprint density at radius 2 is 1.58 bits per heavy atom. The van der Waals surface area contributed by atoms with Gasteiger partial charge in [-0.05, 0) is 51.5 Å². The number of carbonyl (C=O) groups excluding carboxylic acids is 1. The lowest BCUT2D eigenvalue weighted by atomic mass is 9.95. The average Bonchev–Trinajstić information content (AvgIpc) is 2.47. The zero-order valence-electron chi connectivity index (χ0n) is 12.1. The first kappa shape index (κ1) is 14.4. The number of ether oxygens (including phenoxy) is 1. The van der Waals surface area contributed by atoms with Crippen LogP contribution in [0.4, 0.5) is 0 Å². The fraction of sp³-hybridized carbons (Fsp3) is 0.812. The van der Waals surface area contributed by atoms with E-state index in [9.17, 15) is 4.79 Å². The molecular formula is C16H27NO2. The van der Waals surface area contributed by atoms with Crippen LogP contribution in [0.3, 0.4) is 0 Å². The predicted molar refractivity (Wildman–Crippen MR) is 76.7 cm³/mol. The highest BCUT2D eigenvalue weighted by Crippen LogP contribution is 2.23. The molecule has 0 aliphatic heterocycles. The molecule has 2 fully saturated rings. The molecule has 0 heterocycles. The zero-order valence-corrected chi connectivity index (χ0v) is 12.1. The predicted octanol–water partition coefficient (Wildman–Crippen LogP) is 3.69. The third-order valence-electron chi connectivity index (χ3n) is 4.27. The molecule has 3 heteroatoms. The van der Waals surface area contributed by atoms with Crippen LogP contribution in [0.5, 0.6) is 0 Å². The molecule has 2 aliphatic rings. The quantitative estimate of drug-likeness (QED) is 0.622. The van der Waals surface area contributed by atoms with E-state index in [1.54, 1.807) is 0 Å². The fourth-order valence-electron chi connectivity index (χ4n) is 3.12. The Hall–Kier alpha value is -0.990. The Morgan fingerprint density at radius 1 is 1.00 bits per heavy atom. The van der Waals surface area contributed by atoms with Gasteiger partial charge in [0.25, 0.3) is 5.91 Å². The summed E-state index contributed by atoms with van der Waals surface area (Å²) in [5.41, 5.74) is 0. The van der Waals surface area contributed by atoms with Crippen LogP contribution < -0.4 is 5.32 Å². The van der Waals surface area contributed by atoms with Gasteiger partial charge in [0.05, 0.1) is 6.10 Å². The second-order valence-electron chi connectivity index (χ2n) is 5.84. The largest absolute Gasteiger partial charge is 0.485 e. The molecule has 0 spiro atoms. The van der Waals surface area contributed by atoms with E-state index in [4.69, 9.17) is 4.74 Å². The lowest BCUT2D eigenvalue weighted by molar-refractivity contribution is -0.123. The number of hydrogen-bond acceptors (Lipinski definition) is 2. The van der Waals surface area contributed by atoms with E-state index in [1.165, 1.54) is 38.5 Å². The van der Waals surface area contributed by atoms with Gasteiger partial charge in [-0.1, -0.05) is 25.7 Å². The molecule has 108 valence electrons. The second-order valence-corrected chi connectivity index (χ2v) is 5.84. The average molecular weight is 265 g/mol. The smallest absolute Gasteiger partial charge is 0.286 e. The maximum Gasteiger partial charge on any atom is 0.286 e. The Morgan fingerprint density at radius 3 is 2.16 bits per heavy atom. The number of rotatable bonds is 4. The van der Waals surface area contributed by atoms with Gasteiger partial charge in [0.1, 0.15) is 0 Å². The minimum absolute atomic E-state index is 0.0139. The molecule has 0 atom stereocenters. The summed E-state index contributed by atoms with van der Waals surface area (Å²) in [6, 6.07) is 0.353. The van der Waals surface area contributed by atoms with Gasteiger partial charge in [-0.25, -0.2) is 0 Å². The maximum absolute atomic E-state index is 12.2. The molecule has 0 aromatic rings. The lowest BCUT2D eigenvalue weighted by Gasteiger charge is -2.26. The van der Waals surface area contributed by atoms with E-state index < -0.39 is 0 Å².